The summed E-state index contributed by atoms with van der Waals surface area (Å²) in [7, 11) is 1.59. The van der Waals surface area contributed by atoms with Crippen molar-refractivity contribution in [2.75, 3.05) is 20.1 Å². The van der Waals surface area contributed by atoms with Gasteiger partial charge < -0.3 is 25.1 Å². The summed E-state index contributed by atoms with van der Waals surface area (Å²) in [5.41, 5.74) is 1.25. The standard InChI is InChI=1S/C19H23ClF2N4O3.HI/c1-12-6-9-28-16(12)17(27)24-7-3-8-25-19(23-2)26-11-13-10-14(20)4-5-15(13)29-18(21)22;/h4-6,9-10,18H,3,7-8,11H2,1-2H3,(H,24,27)(H2,23,25,26);1H. The fourth-order valence-electron chi connectivity index (χ4n) is 2.48. The second kappa shape index (κ2) is 13.3. The molecule has 11 heteroatoms. The number of amides is 1. The van der Waals surface area contributed by atoms with Crippen molar-refractivity contribution in [3.8, 4) is 5.75 Å². The lowest BCUT2D eigenvalue weighted by Crippen LogP contribution is -2.38. The third-order valence-electron chi connectivity index (χ3n) is 3.91. The zero-order valence-corrected chi connectivity index (χ0v) is 19.6. The van der Waals surface area contributed by atoms with E-state index in [2.05, 4.69) is 25.7 Å². The van der Waals surface area contributed by atoms with Crippen molar-refractivity contribution >= 4 is 47.4 Å². The number of hydrogen-bond acceptors (Lipinski definition) is 4. The average Bonchev–Trinajstić information content (AvgIpc) is 3.11. The van der Waals surface area contributed by atoms with Gasteiger partial charge in [-0.15, -0.1) is 24.0 Å². The van der Waals surface area contributed by atoms with E-state index in [-0.39, 0.29) is 42.2 Å². The van der Waals surface area contributed by atoms with E-state index in [0.717, 1.165) is 5.56 Å². The minimum Gasteiger partial charge on any atom is -0.459 e. The van der Waals surface area contributed by atoms with Crippen LogP contribution in [-0.4, -0.2) is 38.6 Å². The Hall–Kier alpha value is -2.08. The number of rotatable bonds is 9. The lowest BCUT2D eigenvalue weighted by atomic mass is 10.2. The Labute approximate surface area is 195 Å². The van der Waals surface area contributed by atoms with Gasteiger partial charge in [0.2, 0.25) is 0 Å². The Morgan fingerprint density at radius 2 is 1.97 bits per heavy atom. The highest BCUT2D eigenvalue weighted by Gasteiger charge is 2.12. The number of ether oxygens (including phenoxy) is 1. The maximum Gasteiger partial charge on any atom is 0.387 e. The van der Waals surface area contributed by atoms with Crippen LogP contribution in [0.1, 0.15) is 28.1 Å². The molecule has 0 radical (unpaired) electrons. The number of aryl methyl sites for hydroxylation is 1. The third-order valence-corrected chi connectivity index (χ3v) is 4.14. The minimum atomic E-state index is -2.92. The zero-order valence-electron chi connectivity index (χ0n) is 16.5. The van der Waals surface area contributed by atoms with Gasteiger partial charge >= 0.3 is 6.61 Å². The van der Waals surface area contributed by atoms with Crippen LogP contribution >= 0.6 is 35.6 Å². The van der Waals surface area contributed by atoms with Crippen LogP contribution in [0.25, 0.3) is 0 Å². The van der Waals surface area contributed by atoms with Crippen molar-refractivity contribution in [1.29, 1.82) is 0 Å². The molecule has 1 aromatic heterocycles. The van der Waals surface area contributed by atoms with Crippen molar-refractivity contribution in [3.63, 3.8) is 0 Å². The van der Waals surface area contributed by atoms with Crippen LogP contribution in [0.4, 0.5) is 8.78 Å². The number of alkyl halides is 2. The molecule has 2 rings (SSSR count). The molecule has 1 aromatic carbocycles. The maximum atomic E-state index is 12.5. The summed E-state index contributed by atoms with van der Waals surface area (Å²) >= 11 is 5.94. The van der Waals surface area contributed by atoms with Crippen molar-refractivity contribution in [2.45, 2.75) is 26.5 Å². The van der Waals surface area contributed by atoms with E-state index < -0.39 is 6.61 Å². The van der Waals surface area contributed by atoms with Crippen LogP contribution in [-0.2, 0) is 6.54 Å². The van der Waals surface area contributed by atoms with E-state index >= 15 is 0 Å². The molecule has 0 unspecified atom stereocenters. The summed E-state index contributed by atoms with van der Waals surface area (Å²) in [6.07, 6.45) is 2.11. The molecule has 30 heavy (non-hydrogen) atoms. The molecular weight excluding hydrogens is 533 g/mol. The van der Waals surface area contributed by atoms with Gasteiger partial charge in [0.05, 0.1) is 6.26 Å². The molecular formula is C19H24ClF2IN4O3. The molecule has 0 fully saturated rings. The Morgan fingerprint density at radius 3 is 2.60 bits per heavy atom. The topological polar surface area (TPSA) is 87.9 Å². The van der Waals surface area contributed by atoms with Crippen LogP contribution in [0.2, 0.25) is 5.02 Å². The molecule has 0 aliphatic heterocycles. The van der Waals surface area contributed by atoms with Crippen LogP contribution in [0.3, 0.4) is 0 Å². The van der Waals surface area contributed by atoms with Gasteiger partial charge in [-0.25, -0.2) is 0 Å². The van der Waals surface area contributed by atoms with Crippen LogP contribution < -0.4 is 20.7 Å². The number of furan rings is 1. The van der Waals surface area contributed by atoms with E-state index in [1.54, 1.807) is 26.1 Å². The van der Waals surface area contributed by atoms with E-state index in [0.29, 0.717) is 41.8 Å². The lowest BCUT2D eigenvalue weighted by molar-refractivity contribution is -0.0504. The summed E-state index contributed by atoms with van der Waals surface area (Å²) in [6, 6.07) is 6.15. The van der Waals surface area contributed by atoms with Gasteiger partial charge in [0.25, 0.3) is 5.91 Å². The molecule has 0 bridgehead atoms. The minimum absolute atomic E-state index is 0. The predicted molar refractivity (Wildman–Crippen MR) is 122 cm³/mol. The largest absolute Gasteiger partial charge is 0.459 e. The van der Waals surface area contributed by atoms with E-state index in [1.165, 1.54) is 18.4 Å². The molecule has 166 valence electrons. The highest BCUT2D eigenvalue weighted by Crippen LogP contribution is 2.24. The number of carbonyl (C=O) groups excluding carboxylic acids is 1. The fourth-order valence-corrected chi connectivity index (χ4v) is 2.67. The van der Waals surface area contributed by atoms with Gasteiger partial charge in [-0.2, -0.15) is 8.78 Å². The normalized spacial score (nSPS) is 11.1. The summed E-state index contributed by atoms with van der Waals surface area (Å²) < 4.78 is 34.7. The Kier molecular flexibility index (Phi) is 11.5. The van der Waals surface area contributed by atoms with E-state index in [9.17, 15) is 13.6 Å². The summed E-state index contributed by atoms with van der Waals surface area (Å²) in [6.45, 7) is 0.0494. The number of halogens is 4. The number of nitrogens with one attached hydrogen (secondary N) is 3. The smallest absolute Gasteiger partial charge is 0.387 e. The van der Waals surface area contributed by atoms with Gasteiger partial charge in [-0.05, 0) is 37.6 Å². The first-order chi connectivity index (χ1) is 13.9. The average molecular weight is 557 g/mol. The first-order valence-electron chi connectivity index (χ1n) is 8.90. The molecule has 0 aliphatic rings. The third kappa shape index (κ3) is 8.34. The molecule has 2 aromatic rings. The summed E-state index contributed by atoms with van der Waals surface area (Å²) in [5.74, 6) is 0.561. The van der Waals surface area contributed by atoms with Crippen LogP contribution in [0.15, 0.2) is 39.9 Å². The molecule has 0 saturated carbocycles. The first-order valence-corrected chi connectivity index (χ1v) is 9.28. The van der Waals surface area contributed by atoms with E-state index in [1.807, 2.05) is 0 Å². The SMILES string of the molecule is CN=C(NCCCNC(=O)c1occc1C)NCc1cc(Cl)ccc1OC(F)F.I. The Bertz CT molecular complexity index is 849. The number of guanidine groups is 1. The van der Waals surface area contributed by atoms with Gasteiger partial charge in [-0.1, -0.05) is 11.6 Å². The fraction of sp³-hybridized carbons (Fsp3) is 0.368. The van der Waals surface area contributed by atoms with Crippen molar-refractivity contribution in [3.05, 3.63) is 52.4 Å². The number of carbonyl (C=O) groups is 1. The second-order valence-corrected chi connectivity index (χ2v) is 6.46. The Morgan fingerprint density at radius 1 is 1.23 bits per heavy atom. The molecule has 1 amide bonds. The van der Waals surface area contributed by atoms with Gasteiger partial charge in [0.15, 0.2) is 11.7 Å². The predicted octanol–water partition coefficient (Wildman–Crippen LogP) is 3.95. The van der Waals surface area contributed by atoms with Gasteiger partial charge in [-0.3, -0.25) is 9.79 Å². The Balaban J connectivity index is 0.00000450. The summed E-state index contributed by atoms with van der Waals surface area (Å²) in [4.78, 5) is 16.0. The van der Waals surface area contributed by atoms with E-state index in [4.69, 9.17) is 16.0 Å². The highest BCUT2D eigenvalue weighted by atomic mass is 127. The van der Waals surface area contributed by atoms with Crippen molar-refractivity contribution in [2.24, 2.45) is 4.99 Å². The monoisotopic (exact) mass is 556 g/mol. The number of aliphatic imine (C=N–C) groups is 1. The number of nitrogens with zero attached hydrogens (tertiary/aromatic N) is 1. The van der Waals surface area contributed by atoms with Crippen molar-refractivity contribution < 1.29 is 22.7 Å². The zero-order chi connectivity index (χ0) is 21.2. The molecule has 7 nitrogen and oxygen atoms in total. The molecule has 0 saturated heterocycles. The van der Waals surface area contributed by atoms with Crippen LogP contribution in [0.5, 0.6) is 5.75 Å². The van der Waals surface area contributed by atoms with Gasteiger partial charge in [0, 0.05) is 42.8 Å². The molecule has 0 atom stereocenters. The summed E-state index contributed by atoms with van der Waals surface area (Å²) in [5, 5.41) is 9.27. The molecule has 0 spiro atoms. The molecule has 3 N–H and O–H groups in total. The number of hydrogen-bond donors (Lipinski definition) is 3. The molecule has 0 aliphatic carbocycles. The highest BCUT2D eigenvalue weighted by molar-refractivity contribution is 14.0. The van der Waals surface area contributed by atoms with Crippen molar-refractivity contribution in [1.82, 2.24) is 16.0 Å². The number of benzene rings is 1. The maximum absolute atomic E-state index is 12.5. The first kappa shape index (κ1) is 26.0. The second-order valence-electron chi connectivity index (χ2n) is 6.03. The van der Waals surface area contributed by atoms with Gasteiger partial charge in [0.1, 0.15) is 5.75 Å². The quantitative estimate of drug-likeness (QED) is 0.189. The van der Waals surface area contributed by atoms with Crippen LogP contribution in [0, 0.1) is 6.92 Å². The molecule has 1 heterocycles. The lowest BCUT2D eigenvalue weighted by Gasteiger charge is -2.15.